The van der Waals surface area contributed by atoms with Gasteiger partial charge in [0.25, 0.3) is 5.91 Å². The summed E-state index contributed by atoms with van der Waals surface area (Å²) >= 11 is 3.36. The maximum absolute atomic E-state index is 12.5. The average Bonchev–Trinajstić information content (AvgIpc) is 2.53. The lowest BCUT2D eigenvalue weighted by molar-refractivity contribution is 0.0668. The molecule has 1 aromatic heterocycles. The van der Waals surface area contributed by atoms with Crippen LogP contribution in [-0.2, 0) is 0 Å². The average molecular weight is 354 g/mol. The first-order valence-electron chi connectivity index (χ1n) is 7.77. The number of likely N-dealkylation sites (tertiary alicyclic amines) is 1. The maximum Gasteiger partial charge on any atom is 0.256 e. The fourth-order valence-corrected chi connectivity index (χ4v) is 3.30. The van der Waals surface area contributed by atoms with E-state index in [1.54, 1.807) is 6.20 Å². The first kappa shape index (κ1) is 16.4. The van der Waals surface area contributed by atoms with Crippen LogP contribution in [0.5, 0.6) is 0 Å². The Hall–Kier alpha value is -0.940. The Morgan fingerprint density at radius 2 is 2.05 bits per heavy atom. The molecule has 0 unspecified atom stereocenters. The van der Waals surface area contributed by atoms with E-state index < -0.39 is 0 Å². The second-order valence-corrected chi connectivity index (χ2v) is 6.31. The minimum absolute atomic E-state index is 0.0938. The van der Waals surface area contributed by atoms with Crippen LogP contribution in [0.25, 0.3) is 0 Å². The normalized spacial score (nSPS) is 16.5. The van der Waals surface area contributed by atoms with Gasteiger partial charge in [-0.25, -0.2) is 4.98 Å². The molecule has 0 atom stereocenters. The number of aromatic nitrogens is 1. The van der Waals surface area contributed by atoms with E-state index in [2.05, 4.69) is 39.7 Å². The van der Waals surface area contributed by atoms with Crippen molar-refractivity contribution in [3.8, 4) is 0 Å². The van der Waals surface area contributed by atoms with Crippen molar-refractivity contribution in [1.82, 2.24) is 14.8 Å². The van der Waals surface area contributed by atoms with Crippen LogP contribution in [0, 0.1) is 5.92 Å². The van der Waals surface area contributed by atoms with Gasteiger partial charge in [-0.1, -0.05) is 13.8 Å². The number of carbonyl (C=O) groups excluding carboxylic acids is 1. The molecule has 0 aliphatic carbocycles. The quantitative estimate of drug-likeness (QED) is 0.763. The highest BCUT2D eigenvalue weighted by atomic mass is 79.9. The van der Waals surface area contributed by atoms with Crippen molar-refractivity contribution in [3.05, 3.63) is 28.5 Å². The van der Waals surface area contributed by atoms with Crippen LogP contribution in [0.15, 0.2) is 22.9 Å². The molecule has 1 saturated heterocycles. The molecule has 1 amide bonds. The van der Waals surface area contributed by atoms with Crippen LogP contribution in [0.3, 0.4) is 0 Å². The van der Waals surface area contributed by atoms with Gasteiger partial charge in [-0.2, -0.15) is 0 Å². The van der Waals surface area contributed by atoms with Crippen LogP contribution in [0.1, 0.15) is 37.0 Å². The molecule has 2 heterocycles. The number of carbonyl (C=O) groups is 1. The lowest BCUT2D eigenvalue weighted by Gasteiger charge is -2.34. The molecule has 1 aliphatic rings. The molecule has 1 aliphatic heterocycles. The van der Waals surface area contributed by atoms with Crippen molar-refractivity contribution in [2.24, 2.45) is 5.92 Å². The molecule has 0 N–H and O–H groups in total. The van der Waals surface area contributed by atoms with Crippen LogP contribution in [0.2, 0.25) is 0 Å². The Kier molecular flexibility index (Phi) is 6.18. The van der Waals surface area contributed by atoms with Gasteiger partial charge in [0.1, 0.15) is 4.60 Å². The third-order valence-electron chi connectivity index (χ3n) is 4.30. The monoisotopic (exact) mass is 353 g/mol. The Labute approximate surface area is 135 Å². The zero-order valence-electron chi connectivity index (χ0n) is 12.9. The second kappa shape index (κ2) is 7.90. The van der Waals surface area contributed by atoms with Crippen LogP contribution in [0.4, 0.5) is 0 Å². The first-order chi connectivity index (χ1) is 10.2. The number of pyridine rings is 1. The summed E-state index contributed by atoms with van der Waals surface area (Å²) < 4.78 is 0.639. The standard InChI is InChI=1S/C16H24BrN3O/c1-3-19(4-2)12-13-7-10-20(11-8-13)16(21)14-6-5-9-18-15(14)17/h5-6,9,13H,3-4,7-8,10-12H2,1-2H3. The third-order valence-corrected chi connectivity index (χ3v) is 4.93. The molecule has 1 fully saturated rings. The first-order valence-corrected chi connectivity index (χ1v) is 8.57. The lowest BCUT2D eigenvalue weighted by Crippen LogP contribution is -2.41. The summed E-state index contributed by atoms with van der Waals surface area (Å²) in [4.78, 5) is 21.1. The summed E-state index contributed by atoms with van der Waals surface area (Å²) in [5, 5.41) is 0. The third kappa shape index (κ3) is 4.27. The van der Waals surface area contributed by atoms with Crippen LogP contribution < -0.4 is 0 Å². The molecule has 0 aromatic carbocycles. The Bertz CT molecular complexity index is 468. The van der Waals surface area contributed by atoms with Crippen molar-refractivity contribution in [3.63, 3.8) is 0 Å². The molecule has 0 saturated carbocycles. The summed E-state index contributed by atoms with van der Waals surface area (Å²) in [5.74, 6) is 0.808. The fourth-order valence-electron chi connectivity index (χ4n) is 2.88. The molecule has 5 heteroatoms. The van der Waals surface area contributed by atoms with Gasteiger partial charge >= 0.3 is 0 Å². The molecule has 4 nitrogen and oxygen atoms in total. The smallest absolute Gasteiger partial charge is 0.256 e. The predicted octanol–water partition coefficient (Wildman–Crippen LogP) is 3.04. The van der Waals surface area contributed by atoms with Crippen molar-refractivity contribution in [1.29, 1.82) is 0 Å². The van der Waals surface area contributed by atoms with E-state index in [1.807, 2.05) is 17.0 Å². The van der Waals surface area contributed by atoms with Gasteiger partial charge < -0.3 is 9.80 Å². The number of nitrogens with zero attached hydrogens (tertiary/aromatic N) is 3. The zero-order valence-corrected chi connectivity index (χ0v) is 14.5. The summed E-state index contributed by atoms with van der Waals surface area (Å²) in [7, 11) is 0. The fraction of sp³-hybridized carbons (Fsp3) is 0.625. The molecule has 0 spiro atoms. The van der Waals surface area contributed by atoms with Crippen molar-refractivity contribution in [2.45, 2.75) is 26.7 Å². The van der Waals surface area contributed by atoms with E-state index >= 15 is 0 Å². The maximum atomic E-state index is 12.5. The number of amides is 1. The minimum atomic E-state index is 0.0938. The summed E-state index contributed by atoms with van der Waals surface area (Å²) in [6.45, 7) is 9.50. The van der Waals surface area contributed by atoms with Gasteiger partial charge in [0.15, 0.2) is 0 Å². The molecule has 2 rings (SSSR count). The Morgan fingerprint density at radius 1 is 1.38 bits per heavy atom. The Balaban J connectivity index is 1.89. The highest BCUT2D eigenvalue weighted by Crippen LogP contribution is 2.22. The minimum Gasteiger partial charge on any atom is -0.339 e. The van der Waals surface area contributed by atoms with E-state index in [0.29, 0.717) is 16.1 Å². The summed E-state index contributed by atoms with van der Waals surface area (Å²) in [6.07, 6.45) is 3.89. The molecular formula is C16H24BrN3O. The van der Waals surface area contributed by atoms with E-state index in [1.165, 1.54) is 0 Å². The van der Waals surface area contributed by atoms with Gasteiger partial charge in [-0.3, -0.25) is 4.79 Å². The van der Waals surface area contributed by atoms with Crippen molar-refractivity contribution in [2.75, 3.05) is 32.7 Å². The molecule has 116 valence electrons. The van der Waals surface area contributed by atoms with E-state index in [-0.39, 0.29) is 5.91 Å². The molecule has 1 aromatic rings. The number of hydrogen-bond acceptors (Lipinski definition) is 3. The van der Waals surface area contributed by atoms with Gasteiger partial charge in [0, 0.05) is 25.8 Å². The molecule has 0 radical (unpaired) electrons. The van der Waals surface area contributed by atoms with Gasteiger partial charge in [-0.15, -0.1) is 0 Å². The number of hydrogen-bond donors (Lipinski definition) is 0. The highest BCUT2D eigenvalue weighted by molar-refractivity contribution is 9.10. The zero-order chi connectivity index (χ0) is 15.2. The molecular weight excluding hydrogens is 330 g/mol. The number of rotatable bonds is 5. The number of halogens is 1. The van der Waals surface area contributed by atoms with Gasteiger partial charge in [-0.05, 0) is 59.9 Å². The predicted molar refractivity (Wildman–Crippen MR) is 88.4 cm³/mol. The van der Waals surface area contributed by atoms with Crippen LogP contribution in [-0.4, -0.2) is 53.4 Å². The largest absolute Gasteiger partial charge is 0.339 e. The highest BCUT2D eigenvalue weighted by Gasteiger charge is 2.25. The summed E-state index contributed by atoms with van der Waals surface area (Å²) in [5.41, 5.74) is 0.666. The lowest BCUT2D eigenvalue weighted by atomic mass is 9.95. The van der Waals surface area contributed by atoms with Gasteiger partial charge in [0.05, 0.1) is 5.56 Å². The number of piperidine rings is 1. The Morgan fingerprint density at radius 3 is 2.62 bits per heavy atom. The molecule has 0 bridgehead atoms. The van der Waals surface area contributed by atoms with E-state index in [9.17, 15) is 4.79 Å². The van der Waals surface area contributed by atoms with Gasteiger partial charge in [0.2, 0.25) is 0 Å². The van der Waals surface area contributed by atoms with Crippen molar-refractivity contribution >= 4 is 21.8 Å². The summed E-state index contributed by atoms with van der Waals surface area (Å²) in [6, 6.07) is 3.65. The van der Waals surface area contributed by atoms with Crippen LogP contribution >= 0.6 is 15.9 Å². The topological polar surface area (TPSA) is 36.4 Å². The second-order valence-electron chi connectivity index (χ2n) is 5.56. The van der Waals surface area contributed by atoms with E-state index in [4.69, 9.17) is 0 Å². The molecule has 21 heavy (non-hydrogen) atoms. The van der Waals surface area contributed by atoms with E-state index in [0.717, 1.165) is 45.6 Å². The SMILES string of the molecule is CCN(CC)CC1CCN(C(=O)c2cccnc2Br)CC1. The van der Waals surface area contributed by atoms with Crippen molar-refractivity contribution < 1.29 is 4.79 Å².